The largest absolute Gasteiger partial charge is 0.509 e. The SMILES string of the molecule is CC(C=O)=C(O)C(O)C(=O)n1cc(F)c(=O)[nH]c1=O. The molecule has 0 fully saturated rings. The molecule has 0 spiro atoms. The maximum absolute atomic E-state index is 12.9. The zero-order chi connectivity index (χ0) is 14.7. The molecule has 1 aromatic rings. The number of hydrogen-bond acceptors (Lipinski definition) is 6. The molecule has 1 unspecified atom stereocenters. The first kappa shape index (κ1) is 14.5. The molecule has 9 heteroatoms. The van der Waals surface area contributed by atoms with Gasteiger partial charge >= 0.3 is 5.69 Å². The number of carbonyl (C=O) groups excluding carboxylic acids is 2. The third-order valence-electron chi connectivity index (χ3n) is 2.21. The molecule has 3 N–H and O–H groups in total. The molecule has 19 heavy (non-hydrogen) atoms. The van der Waals surface area contributed by atoms with Gasteiger partial charge in [0.2, 0.25) is 5.82 Å². The van der Waals surface area contributed by atoms with E-state index in [2.05, 4.69) is 0 Å². The third kappa shape index (κ3) is 2.83. The monoisotopic (exact) mass is 272 g/mol. The Labute approximate surface area is 104 Å². The Hall–Kier alpha value is -2.55. The van der Waals surface area contributed by atoms with Crippen LogP contribution in [0.15, 0.2) is 27.1 Å². The van der Waals surface area contributed by atoms with Gasteiger partial charge in [-0.15, -0.1) is 0 Å². The molecule has 0 aliphatic carbocycles. The molecule has 0 saturated carbocycles. The Morgan fingerprint density at radius 1 is 1.53 bits per heavy atom. The number of hydrogen-bond donors (Lipinski definition) is 3. The summed E-state index contributed by atoms with van der Waals surface area (Å²) in [5.74, 6) is -3.81. The number of aromatic nitrogens is 2. The second-order valence-electron chi connectivity index (χ2n) is 3.53. The molecule has 8 nitrogen and oxygen atoms in total. The average molecular weight is 272 g/mol. The van der Waals surface area contributed by atoms with Gasteiger partial charge in [-0.05, 0) is 6.92 Å². The first-order valence-corrected chi connectivity index (χ1v) is 4.88. The van der Waals surface area contributed by atoms with Crippen LogP contribution >= 0.6 is 0 Å². The highest BCUT2D eigenvalue weighted by molar-refractivity contribution is 5.87. The van der Waals surface area contributed by atoms with Crippen molar-refractivity contribution in [1.82, 2.24) is 9.55 Å². The Kier molecular flexibility index (Phi) is 4.12. The van der Waals surface area contributed by atoms with Crippen molar-refractivity contribution in [2.45, 2.75) is 13.0 Å². The molecule has 0 aromatic carbocycles. The molecule has 0 bridgehead atoms. The predicted octanol–water partition coefficient (Wildman–Crippen LogP) is -1.29. The summed E-state index contributed by atoms with van der Waals surface area (Å²) < 4.78 is 13.0. The molecule has 0 aliphatic rings. The van der Waals surface area contributed by atoms with Crippen molar-refractivity contribution in [1.29, 1.82) is 0 Å². The van der Waals surface area contributed by atoms with Crippen LogP contribution in [0.2, 0.25) is 0 Å². The molecular weight excluding hydrogens is 263 g/mol. The summed E-state index contributed by atoms with van der Waals surface area (Å²) >= 11 is 0. The van der Waals surface area contributed by atoms with Crippen molar-refractivity contribution in [2.75, 3.05) is 0 Å². The van der Waals surface area contributed by atoms with Crippen molar-refractivity contribution in [3.63, 3.8) is 0 Å². The number of nitrogens with one attached hydrogen (secondary N) is 1. The molecule has 1 atom stereocenters. The van der Waals surface area contributed by atoms with E-state index in [-0.39, 0.29) is 22.6 Å². The molecular formula is C10H9FN2O6. The van der Waals surface area contributed by atoms with Crippen LogP contribution in [0.25, 0.3) is 0 Å². The van der Waals surface area contributed by atoms with Crippen LogP contribution in [0.3, 0.4) is 0 Å². The van der Waals surface area contributed by atoms with Gasteiger partial charge in [-0.3, -0.25) is 19.4 Å². The summed E-state index contributed by atoms with van der Waals surface area (Å²) in [6.07, 6.45) is -1.77. The highest BCUT2D eigenvalue weighted by atomic mass is 19.1. The molecule has 0 radical (unpaired) electrons. The lowest BCUT2D eigenvalue weighted by Gasteiger charge is -2.10. The summed E-state index contributed by atoms with van der Waals surface area (Å²) in [6.45, 7) is 1.12. The number of carbonyl (C=O) groups is 2. The van der Waals surface area contributed by atoms with E-state index < -0.39 is 34.8 Å². The summed E-state index contributed by atoms with van der Waals surface area (Å²) in [5, 5.41) is 18.8. The zero-order valence-electron chi connectivity index (χ0n) is 9.58. The maximum atomic E-state index is 12.9. The summed E-state index contributed by atoms with van der Waals surface area (Å²) in [6, 6.07) is 0. The minimum absolute atomic E-state index is 0.0791. The highest BCUT2D eigenvalue weighted by Gasteiger charge is 2.24. The second kappa shape index (κ2) is 5.40. The Morgan fingerprint density at radius 3 is 2.63 bits per heavy atom. The second-order valence-corrected chi connectivity index (χ2v) is 3.53. The molecule has 102 valence electrons. The van der Waals surface area contributed by atoms with Crippen LogP contribution in [0.4, 0.5) is 4.39 Å². The smallest absolute Gasteiger partial charge is 0.335 e. The first-order chi connectivity index (χ1) is 8.79. The Balaban J connectivity index is 3.29. The molecule has 0 saturated heterocycles. The van der Waals surface area contributed by atoms with Crippen molar-refractivity contribution < 1.29 is 24.2 Å². The highest BCUT2D eigenvalue weighted by Crippen LogP contribution is 2.05. The number of aromatic amines is 1. The fourth-order valence-corrected chi connectivity index (χ4v) is 1.14. The normalized spacial score (nSPS) is 13.6. The molecule has 1 aromatic heterocycles. The lowest BCUT2D eigenvalue weighted by atomic mass is 10.2. The van der Waals surface area contributed by atoms with Gasteiger partial charge in [-0.2, -0.15) is 4.39 Å². The van der Waals surface area contributed by atoms with Crippen molar-refractivity contribution in [2.24, 2.45) is 0 Å². The van der Waals surface area contributed by atoms with Gasteiger partial charge in [0.1, 0.15) is 12.0 Å². The van der Waals surface area contributed by atoms with E-state index >= 15 is 0 Å². The van der Waals surface area contributed by atoms with Crippen LogP contribution in [-0.2, 0) is 4.79 Å². The van der Waals surface area contributed by atoms with Gasteiger partial charge in [0.15, 0.2) is 6.10 Å². The van der Waals surface area contributed by atoms with Gasteiger partial charge in [0, 0.05) is 5.57 Å². The number of halogens is 1. The number of aliphatic hydroxyl groups is 2. The fourth-order valence-electron chi connectivity index (χ4n) is 1.14. The van der Waals surface area contributed by atoms with E-state index in [4.69, 9.17) is 0 Å². The number of H-pyrrole nitrogens is 1. The number of aliphatic hydroxyl groups excluding tert-OH is 2. The van der Waals surface area contributed by atoms with Crippen LogP contribution in [-0.4, -0.2) is 38.1 Å². The topological polar surface area (TPSA) is 129 Å². The van der Waals surface area contributed by atoms with E-state index in [1.165, 1.54) is 4.98 Å². The third-order valence-corrected chi connectivity index (χ3v) is 2.21. The van der Waals surface area contributed by atoms with Gasteiger partial charge in [-0.25, -0.2) is 9.36 Å². The van der Waals surface area contributed by atoms with Crippen LogP contribution in [0.1, 0.15) is 11.7 Å². The van der Waals surface area contributed by atoms with Gasteiger partial charge in [0.25, 0.3) is 11.5 Å². The van der Waals surface area contributed by atoms with Gasteiger partial charge in [0.05, 0.1) is 6.20 Å². The molecule has 1 heterocycles. The minimum atomic E-state index is -2.23. The Morgan fingerprint density at radius 2 is 2.11 bits per heavy atom. The van der Waals surface area contributed by atoms with Gasteiger partial charge < -0.3 is 10.2 Å². The number of aldehydes is 1. The van der Waals surface area contributed by atoms with E-state index in [9.17, 15) is 33.8 Å². The summed E-state index contributed by atoms with van der Waals surface area (Å²) in [7, 11) is 0. The lowest BCUT2D eigenvalue weighted by Crippen LogP contribution is -2.40. The van der Waals surface area contributed by atoms with Crippen molar-refractivity contribution in [3.05, 3.63) is 44.2 Å². The number of rotatable bonds is 3. The Bertz CT molecular complexity index is 671. The van der Waals surface area contributed by atoms with Gasteiger partial charge in [-0.1, -0.05) is 0 Å². The fraction of sp³-hybridized carbons (Fsp3) is 0.200. The van der Waals surface area contributed by atoms with E-state index in [1.807, 2.05) is 0 Å². The lowest BCUT2D eigenvalue weighted by molar-refractivity contribution is -0.105. The standard InChI is InChI=1S/C10H9FN2O6/c1-4(3-14)6(15)7(16)9(18)13-2-5(11)8(17)12-10(13)19/h2-3,7,15-16H,1H3,(H,12,17,19). The summed E-state index contributed by atoms with van der Waals surface area (Å²) in [4.78, 5) is 45.5. The van der Waals surface area contributed by atoms with Crippen LogP contribution in [0, 0.1) is 5.82 Å². The molecule has 0 amide bonds. The minimum Gasteiger partial charge on any atom is -0.509 e. The zero-order valence-corrected chi connectivity index (χ0v) is 9.58. The predicted molar refractivity (Wildman–Crippen MR) is 59.3 cm³/mol. The van der Waals surface area contributed by atoms with Crippen LogP contribution < -0.4 is 11.2 Å². The van der Waals surface area contributed by atoms with Crippen LogP contribution in [0.5, 0.6) is 0 Å². The number of nitrogens with zero attached hydrogens (tertiary/aromatic N) is 1. The van der Waals surface area contributed by atoms with E-state index in [0.29, 0.717) is 0 Å². The number of allylic oxidation sites excluding steroid dienone is 1. The molecule has 0 aliphatic heterocycles. The van der Waals surface area contributed by atoms with E-state index in [0.717, 1.165) is 6.92 Å². The van der Waals surface area contributed by atoms with Crippen molar-refractivity contribution in [3.8, 4) is 0 Å². The average Bonchev–Trinajstić information content (AvgIpc) is 2.39. The maximum Gasteiger partial charge on any atom is 0.335 e. The quantitative estimate of drug-likeness (QED) is 0.356. The first-order valence-electron chi connectivity index (χ1n) is 4.88. The molecule has 1 rings (SSSR count). The summed E-state index contributed by atoms with van der Waals surface area (Å²) in [5.41, 5.74) is -2.95. The van der Waals surface area contributed by atoms with E-state index in [1.54, 1.807) is 0 Å². The van der Waals surface area contributed by atoms with Crippen molar-refractivity contribution >= 4 is 12.2 Å².